The number of nitrogens with one attached hydrogen (secondary N) is 2. The molecule has 0 aromatic heterocycles. The predicted octanol–water partition coefficient (Wildman–Crippen LogP) is 2.61. The molecule has 164 valence electrons. The molecule has 0 saturated carbocycles. The number of hydrogen-bond acceptors (Lipinski definition) is 5. The van der Waals surface area contributed by atoms with Gasteiger partial charge in [-0.1, -0.05) is 27.2 Å². The fraction of sp³-hybridized carbons (Fsp3) is 0.824. The Morgan fingerprint density at radius 3 is 2.07 bits per heavy atom. The van der Waals surface area contributed by atoms with Crippen LogP contribution in [-0.2, 0) is 14.3 Å². The molecule has 0 aliphatic heterocycles. The van der Waals surface area contributed by atoms with Gasteiger partial charge in [0.05, 0.1) is 6.54 Å². The molecule has 0 fully saturated rings. The smallest absolute Gasteiger partial charge is 0.443 e. The molecule has 0 aliphatic rings. The van der Waals surface area contributed by atoms with E-state index in [1.54, 1.807) is 33.1 Å². The lowest BCUT2D eigenvalue weighted by atomic mass is 10.2. The summed E-state index contributed by atoms with van der Waals surface area (Å²) in [6, 6.07) is 0. The maximum atomic E-state index is 12.5. The van der Waals surface area contributed by atoms with E-state index in [2.05, 4.69) is 5.43 Å². The van der Waals surface area contributed by atoms with Crippen LogP contribution >= 0.6 is 0 Å². The van der Waals surface area contributed by atoms with Crippen molar-refractivity contribution in [3.8, 4) is 0 Å². The molecular weight excluding hydrogens is 381 g/mol. The molecule has 2 N–H and O–H groups in total. The summed E-state index contributed by atoms with van der Waals surface area (Å²) in [5, 5.41) is 1.88. The Bertz CT molecular complexity index is 533. The molecule has 0 bridgehead atoms. The molecule has 28 heavy (non-hydrogen) atoms. The van der Waals surface area contributed by atoms with Gasteiger partial charge in [0, 0.05) is 13.1 Å². The van der Waals surface area contributed by atoms with Gasteiger partial charge in [0.15, 0.2) is 0 Å². The van der Waals surface area contributed by atoms with E-state index in [4.69, 9.17) is 4.74 Å². The van der Waals surface area contributed by atoms with E-state index < -0.39 is 36.2 Å². The first-order valence-electron chi connectivity index (χ1n) is 9.08. The Balaban J connectivity index is 5.17. The van der Waals surface area contributed by atoms with Crippen molar-refractivity contribution in [2.45, 2.75) is 66.2 Å². The first kappa shape index (κ1) is 26.0. The van der Waals surface area contributed by atoms with Crippen LogP contribution in [-0.4, -0.2) is 59.3 Å². The van der Waals surface area contributed by atoms with Gasteiger partial charge < -0.3 is 4.74 Å². The van der Waals surface area contributed by atoms with Gasteiger partial charge in [0.25, 0.3) is 5.91 Å². The summed E-state index contributed by atoms with van der Waals surface area (Å²) in [7, 11) is 0. The minimum absolute atomic E-state index is 0.0385. The second-order valence-corrected chi connectivity index (χ2v) is 7.73. The topological polar surface area (TPSA) is 91.0 Å². The summed E-state index contributed by atoms with van der Waals surface area (Å²) in [6.45, 7) is 10.2. The average Bonchev–Trinajstić information content (AvgIpc) is 2.47. The molecule has 0 aliphatic carbocycles. The Labute approximate surface area is 163 Å². The number of nitrogens with zero attached hydrogens (tertiary/aromatic N) is 2. The van der Waals surface area contributed by atoms with Gasteiger partial charge in [-0.15, -0.1) is 0 Å². The summed E-state index contributed by atoms with van der Waals surface area (Å²) in [6.07, 6.45) is -4.90. The van der Waals surface area contributed by atoms with Crippen LogP contribution in [0.3, 0.4) is 0 Å². The largest absolute Gasteiger partial charge is 0.472 e. The van der Waals surface area contributed by atoms with Crippen molar-refractivity contribution in [1.82, 2.24) is 20.9 Å². The van der Waals surface area contributed by atoms with Crippen LogP contribution in [0.5, 0.6) is 0 Å². The Morgan fingerprint density at radius 2 is 1.64 bits per heavy atom. The third-order valence-electron chi connectivity index (χ3n) is 3.09. The summed E-state index contributed by atoms with van der Waals surface area (Å²) < 4.78 is 42.7. The lowest BCUT2D eigenvalue weighted by Crippen LogP contribution is -2.56. The standard InChI is InChI=1S/C17H31F3N4O4/c1-7-8-9-24(21-14(26)17(18,19)20)13(25)11-23(10-12(2)3)22-15(27)28-16(4,5)6/h12H,7-11H2,1-6H3,(H,21,26)(H,22,27). The zero-order valence-electron chi connectivity index (χ0n) is 17.3. The summed E-state index contributed by atoms with van der Waals surface area (Å²) in [4.78, 5) is 35.7. The van der Waals surface area contributed by atoms with Crippen LogP contribution in [0.2, 0.25) is 0 Å². The lowest BCUT2D eigenvalue weighted by molar-refractivity contribution is -0.180. The third kappa shape index (κ3) is 11.6. The minimum atomic E-state index is -5.11. The van der Waals surface area contributed by atoms with Crippen molar-refractivity contribution >= 4 is 17.9 Å². The summed E-state index contributed by atoms with van der Waals surface area (Å²) >= 11 is 0. The number of rotatable bonds is 8. The molecule has 0 aromatic carbocycles. The number of halogens is 3. The first-order chi connectivity index (χ1) is 12.7. The second kappa shape index (κ2) is 11.1. The fourth-order valence-electron chi connectivity index (χ4n) is 2.01. The highest BCUT2D eigenvalue weighted by Gasteiger charge is 2.40. The van der Waals surface area contributed by atoms with Crippen molar-refractivity contribution < 1.29 is 32.3 Å². The Hall–Kier alpha value is -2.04. The SMILES string of the molecule is CCCCN(NC(=O)C(F)(F)F)C(=O)CN(CC(C)C)NC(=O)OC(C)(C)C. The third-order valence-corrected chi connectivity index (χ3v) is 3.09. The zero-order valence-corrected chi connectivity index (χ0v) is 17.3. The van der Waals surface area contributed by atoms with Crippen LogP contribution in [0, 0.1) is 5.92 Å². The predicted molar refractivity (Wildman–Crippen MR) is 96.6 cm³/mol. The van der Waals surface area contributed by atoms with Crippen molar-refractivity contribution in [3.05, 3.63) is 0 Å². The van der Waals surface area contributed by atoms with E-state index in [0.29, 0.717) is 17.9 Å². The average molecular weight is 412 g/mol. The molecule has 0 saturated heterocycles. The maximum absolute atomic E-state index is 12.5. The number of alkyl halides is 3. The quantitative estimate of drug-likeness (QED) is 0.598. The normalized spacial score (nSPS) is 12.1. The number of carbonyl (C=O) groups excluding carboxylic acids is 3. The van der Waals surface area contributed by atoms with E-state index in [1.807, 2.05) is 13.8 Å². The lowest BCUT2D eigenvalue weighted by Gasteiger charge is -2.30. The second-order valence-electron chi connectivity index (χ2n) is 7.73. The van der Waals surface area contributed by atoms with Gasteiger partial charge in [0.2, 0.25) is 0 Å². The highest BCUT2D eigenvalue weighted by molar-refractivity contribution is 5.86. The van der Waals surface area contributed by atoms with Crippen LogP contribution in [0.1, 0.15) is 54.4 Å². The van der Waals surface area contributed by atoms with E-state index >= 15 is 0 Å². The van der Waals surface area contributed by atoms with E-state index in [0.717, 1.165) is 0 Å². The molecule has 0 radical (unpaired) electrons. The molecule has 0 atom stereocenters. The zero-order chi connectivity index (χ0) is 22.1. The number of unbranched alkanes of at least 4 members (excludes halogenated alkanes) is 1. The molecule has 0 aromatic rings. The van der Waals surface area contributed by atoms with Gasteiger partial charge >= 0.3 is 18.2 Å². The minimum Gasteiger partial charge on any atom is -0.443 e. The van der Waals surface area contributed by atoms with Crippen LogP contribution in [0.15, 0.2) is 0 Å². The molecule has 8 nitrogen and oxygen atoms in total. The van der Waals surface area contributed by atoms with Gasteiger partial charge in [-0.3, -0.25) is 25.4 Å². The van der Waals surface area contributed by atoms with Crippen molar-refractivity contribution in [3.63, 3.8) is 0 Å². The Kier molecular flexibility index (Phi) is 10.3. The van der Waals surface area contributed by atoms with E-state index in [1.165, 1.54) is 5.01 Å². The van der Waals surface area contributed by atoms with Crippen molar-refractivity contribution in [2.75, 3.05) is 19.6 Å². The molecule has 0 spiro atoms. The van der Waals surface area contributed by atoms with Crippen LogP contribution in [0.4, 0.5) is 18.0 Å². The summed E-state index contributed by atoms with van der Waals surface area (Å²) in [5.41, 5.74) is 3.25. The molecule has 3 amide bonds. The molecule has 11 heteroatoms. The van der Waals surface area contributed by atoms with Crippen LogP contribution in [0.25, 0.3) is 0 Å². The van der Waals surface area contributed by atoms with Crippen molar-refractivity contribution in [1.29, 1.82) is 0 Å². The van der Waals surface area contributed by atoms with Gasteiger partial charge in [0.1, 0.15) is 5.60 Å². The molecule has 0 heterocycles. The molecule has 0 unspecified atom stereocenters. The molecule has 0 rings (SSSR count). The van der Waals surface area contributed by atoms with E-state index in [9.17, 15) is 27.6 Å². The fourth-order valence-corrected chi connectivity index (χ4v) is 2.01. The summed E-state index contributed by atoms with van der Waals surface area (Å²) in [5.74, 6) is -2.98. The van der Waals surface area contributed by atoms with Crippen molar-refractivity contribution in [2.24, 2.45) is 5.92 Å². The van der Waals surface area contributed by atoms with Gasteiger partial charge in [-0.05, 0) is 33.1 Å². The number of amides is 3. The van der Waals surface area contributed by atoms with E-state index in [-0.39, 0.29) is 19.0 Å². The maximum Gasteiger partial charge on any atom is 0.472 e. The monoisotopic (exact) mass is 412 g/mol. The first-order valence-corrected chi connectivity index (χ1v) is 9.08. The Morgan fingerprint density at radius 1 is 1.07 bits per heavy atom. The van der Waals surface area contributed by atoms with Crippen LogP contribution < -0.4 is 10.9 Å². The number of carbonyl (C=O) groups is 3. The number of hydrazine groups is 2. The number of ether oxygens (including phenoxy) is 1. The number of hydrogen-bond donors (Lipinski definition) is 2. The van der Waals surface area contributed by atoms with Gasteiger partial charge in [-0.25, -0.2) is 9.80 Å². The van der Waals surface area contributed by atoms with Gasteiger partial charge in [-0.2, -0.15) is 13.2 Å². The highest BCUT2D eigenvalue weighted by atomic mass is 19.4. The molecular formula is C17H31F3N4O4. The highest BCUT2D eigenvalue weighted by Crippen LogP contribution is 2.14.